The molecule has 0 N–H and O–H groups in total. The highest BCUT2D eigenvalue weighted by atomic mass is 19.3. The van der Waals surface area contributed by atoms with Crippen LogP contribution in [0.2, 0.25) is 0 Å². The van der Waals surface area contributed by atoms with Gasteiger partial charge in [-0.05, 0) is 19.1 Å². The SMILES string of the molecule is CCC(F)(F)OC(C)c1ccccn1. The first-order valence-electron chi connectivity index (χ1n) is 4.51. The molecule has 1 aromatic rings. The molecule has 0 spiro atoms. The molecule has 1 heterocycles. The summed E-state index contributed by atoms with van der Waals surface area (Å²) >= 11 is 0. The Morgan fingerprint density at radius 3 is 2.71 bits per heavy atom. The largest absolute Gasteiger partial charge is 0.356 e. The number of hydrogen-bond donors (Lipinski definition) is 0. The maximum Gasteiger partial charge on any atom is 0.356 e. The molecular weight excluding hydrogens is 188 g/mol. The number of pyridine rings is 1. The van der Waals surface area contributed by atoms with Gasteiger partial charge in [0, 0.05) is 12.6 Å². The molecule has 0 saturated heterocycles. The molecule has 0 aliphatic rings. The fraction of sp³-hybridized carbons (Fsp3) is 0.500. The predicted octanol–water partition coefficient (Wildman–Crippen LogP) is 3.16. The zero-order valence-corrected chi connectivity index (χ0v) is 8.21. The lowest BCUT2D eigenvalue weighted by Crippen LogP contribution is -2.21. The Bertz CT molecular complexity index is 277. The zero-order chi connectivity index (χ0) is 10.6. The van der Waals surface area contributed by atoms with E-state index in [2.05, 4.69) is 9.72 Å². The average Bonchev–Trinajstić information content (AvgIpc) is 2.19. The Hall–Kier alpha value is -1.03. The smallest absolute Gasteiger partial charge is 0.311 e. The van der Waals surface area contributed by atoms with E-state index >= 15 is 0 Å². The first kappa shape index (κ1) is 11.0. The normalized spacial score (nSPS) is 14.0. The van der Waals surface area contributed by atoms with Crippen molar-refractivity contribution in [3.63, 3.8) is 0 Å². The van der Waals surface area contributed by atoms with Gasteiger partial charge in [0.25, 0.3) is 0 Å². The highest BCUT2D eigenvalue weighted by Gasteiger charge is 2.30. The van der Waals surface area contributed by atoms with E-state index in [1.165, 1.54) is 6.92 Å². The van der Waals surface area contributed by atoms with Gasteiger partial charge in [0.2, 0.25) is 0 Å². The van der Waals surface area contributed by atoms with Crippen molar-refractivity contribution in [2.45, 2.75) is 32.5 Å². The van der Waals surface area contributed by atoms with E-state index < -0.39 is 12.2 Å². The molecule has 0 aliphatic carbocycles. The summed E-state index contributed by atoms with van der Waals surface area (Å²) in [7, 11) is 0. The lowest BCUT2D eigenvalue weighted by Gasteiger charge is -2.19. The number of nitrogens with zero attached hydrogens (tertiary/aromatic N) is 1. The summed E-state index contributed by atoms with van der Waals surface area (Å²) in [4.78, 5) is 3.94. The Morgan fingerprint density at radius 1 is 1.50 bits per heavy atom. The number of ether oxygens (including phenoxy) is 1. The second kappa shape index (κ2) is 4.46. The number of alkyl halides is 2. The maximum absolute atomic E-state index is 12.8. The van der Waals surface area contributed by atoms with Gasteiger partial charge in [0.1, 0.15) is 6.10 Å². The Morgan fingerprint density at radius 2 is 2.21 bits per heavy atom. The standard InChI is InChI=1S/C10H13F2NO/c1-3-10(11,12)14-8(2)9-6-4-5-7-13-9/h4-8H,3H2,1-2H3. The third-order valence-electron chi connectivity index (χ3n) is 1.87. The van der Waals surface area contributed by atoms with Crippen LogP contribution in [0.4, 0.5) is 8.78 Å². The molecule has 78 valence electrons. The fourth-order valence-electron chi connectivity index (χ4n) is 1.02. The van der Waals surface area contributed by atoms with Crippen LogP contribution in [0.15, 0.2) is 24.4 Å². The van der Waals surface area contributed by atoms with E-state index in [4.69, 9.17) is 0 Å². The molecule has 1 atom stereocenters. The summed E-state index contributed by atoms with van der Waals surface area (Å²) in [5, 5.41) is 0. The molecule has 1 aromatic heterocycles. The minimum atomic E-state index is -3.07. The van der Waals surface area contributed by atoms with E-state index in [0.29, 0.717) is 5.69 Å². The second-order valence-electron chi connectivity index (χ2n) is 3.01. The quantitative estimate of drug-likeness (QED) is 0.746. The number of halogens is 2. The van der Waals surface area contributed by atoms with Gasteiger partial charge in [-0.25, -0.2) is 0 Å². The van der Waals surface area contributed by atoms with Crippen LogP contribution in [-0.2, 0) is 4.74 Å². The van der Waals surface area contributed by atoms with Gasteiger partial charge in [-0.2, -0.15) is 8.78 Å². The minimum absolute atomic E-state index is 0.329. The third-order valence-corrected chi connectivity index (χ3v) is 1.87. The third kappa shape index (κ3) is 3.03. The molecule has 0 saturated carbocycles. The van der Waals surface area contributed by atoms with Crippen LogP contribution in [0.3, 0.4) is 0 Å². The van der Waals surface area contributed by atoms with Crippen LogP contribution >= 0.6 is 0 Å². The maximum atomic E-state index is 12.8. The highest BCUT2D eigenvalue weighted by Crippen LogP contribution is 2.27. The average molecular weight is 201 g/mol. The van der Waals surface area contributed by atoms with Crippen LogP contribution in [0.5, 0.6) is 0 Å². The highest BCUT2D eigenvalue weighted by molar-refractivity contribution is 5.05. The van der Waals surface area contributed by atoms with Gasteiger partial charge in [0.05, 0.1) is 5.69 Å². The summed E-state index contributed by atoms with van der Waals surface area (Å²) in [5.41, 5.74) is 0.514. The lowest BCUT2D eigenvalue weighted by atomic mass is 10.2. The van der Waals surface area contributed by atoms with E-state index in [0.717, 1.165) is 0 Å². The van der Waals surface area contributed by atoms with E-state index in [-0.39, 0.29) is 6.42 Å². The Labute approximate surface area is 81.9 Å². The minimum Gasteiger partial charge on any atom is -0.311 e. The molecular formula is C10H13F2NO. The van der Waals surface area contributed by atoms with Gasteiger partial charge in [-0.15, -0.1) is 0 Å². The van der Waals surface area contributed by atoms with Gasteiger partial charge < -0.3 is 4.74 Å². The number of aromatic nitrogens is 1. The first-order chi connectivity index (χ1) is 6.55. The van der Waals surface area contributed by atoms with Crippen molar-refractivity contribution < 1.29 is 13.5 Å². The lowest BCUT2D eigenvalue weighted by molar-refractivity contribution is -0.263. The van der Waals surface area contributed by atoms with E-state index in [9.17, 15) is 8.78 Å². The number of hydrogen-bond acceptors (Lipinski definition) is 2. The molecule has 0 amide bonds. The molecule has 0 aromatic carbocycles. The molecule has 4 heteroatoms. The molecule has 0 aliphatic heterocycles. The summed E-state index contributed by atoms with van der Waals surface area (Å²) in [6.07, 6.45) is -2.54. The fourth-order valence-corrected chi connectivity index (χ4v) is 1.02. The molecule has 14 heavy (non-hydrogen) atoms. The van der Waals surface area contributed by atoms with E-state index in [1.54, 1.807) is 31.3 Å². The molecule has 2 nitrogen and oxygen atoms in total. The van der Waals surface area contributed by atoms with Crippen molar-refractivity contribution in [1.29, 1.82) is 0 Å². The van der Waals surface area contributed by atoms with Crippen molar-refractivity contribution in [1.82, 2.24) is 4.98 Å². The van der Waals surface area contributed by atoms with Crippen LogP contribution in [-0.4, -0.2) is 11.1 Å². The van der Waals surface area contributed by atoms with Crippen LogP contribution in [0, 0.1) is 0 Å². The van der Waals surface area contributed by atoms with Gasteiger partial charge in [-0.1, -0.05) is 13.0 Å². The van der Waals surface area contributed by atoms with Gasteiger partial charge in [-0.3, -0.25) is 4.98 Å². The van der Waals surface area contributed by atoms with Crippen LogP contribution in [0.1, 0.15) is 32.1 Å². The van der Waals surface area contributed by atoms with Crippen LogP contribution in [0.25, 0.3) is 0 Å². The molecule has 0 fully saturated rings. The zero-order valence-electron chi connectivity index (χ0n) is 8.21. The summed E-state index contributed by atoms with van der Waals surface area (Å²) in [6.45, 7) is 2.94. The van der Waals surface area contributed by atoms with Crippen molar-refractivity contribution >= 4 is 0 Å². The van der Waals surface area contributed by atoms with Crippen molar-refractivity contribution in [3.8, 4) is 0 Å². The number of rotatable bonds is 4. The summed E-state index contributed by atoms with van der Waals surface area (Å²) in [5.74, 6) is 0. The molecule has 1 unspecified atom stereocenters. The van der Waals surface area contributed by atoms with Gasteiger partial charge >= 0.3 is 6.11 Å². The predicted molar refractivity (Wildman–Crippen MR) is 49.0 cm³/mol. The monoisotopic (exact) mass is 201 g/mol. The Balaban J connectivity index is 2.64. The molecule has 0 bridgehead atoms. The van der Waals surface area contributed by atoms with Gasteiger partial charge in [0.15, 0.2) is 0 Å². The second-order valence-corrected chi connectivity index (χ2v) is 3.01. The molecule has 1 rings (SSSR count). The first-order valence-corrected chi connectivity index (χ1v) is 4.51. The van der Waals surface area contributed by atoms with Crippen molar-refractivity contribution in [2.24, 2.45) is 0 Å². The molecule has 0 radical (unpaired) electrons. The summed E-state index contributed by atoms with van der Waals surface area (Å²) < 4.78 is 30.3. The van der Waals surface area contributed by atoms with Crippen LogP contribution < -0.4 is 0 Å². The van der Waals surface area contributed by atoms with Crippen molar-refractivity contribution in [3.05, 3.63) is 30.1 Å². The Kier molecular flexibility index (Phi) is 3.52. The summed E-state index contributed by atoms with van der Waals surface area (Å²) in [6, 6.07) is 5.14. The van der Waals surface area contributed by atoms with E-state index in [1.807, 2.05) is 0 Å². The topological polar surface area (TPSA) is 22.1 Å². The van der Waals surface area contributed by atoms with Crippen molar-refractivity contribution in [2.75, 3.05) is 0 Å².